The third kappa shape index (κ3) is 3.92. The Bertz CT molecular complexity index is 1260. The van der Waals surface area contributed by atoms with Gasteiger partial charge in [0.2, 0.25) is 0 Å². The van der Waals surface area contributed by atoms with Gasteiger partial charge in [-0.05, 0) is 17.5 Å². The maximum absolute atomic E-state index is 13.6. The summed E-state index contributed by atoms with van der Waals surface area (Å²) in [5, 5.41) is 11.1. The molecule has 0 spiro atoms. The number of ketones is 1. The number of hydrogen-bond acceptors (Lipinski definition) is 3. The summed E-state index contributed by atoms with van der Waals surface area (Å²) in [6, 6.07) is 27.8. The van der Waals surface area contributed by atoms with E-state index in [-0.39, 0.29) is 28.2 Å². The lowest BCUT2D eigenvalue weighted by atomic mass is 9.94. The van der Waals surface area contributed by atoms with E-state index >= 15 is 0 Å². The Kier molecular flexibility index (Phi) is 5.80. The summed E-state index contributed by atoms with van der Waals surface area (Å²) in [5.41, 5.74) is 2.65. The van der Waals surface area contributed by atoms with Crippen LogP contribution in [0, 0.1) is 0 Å². The van der Waals surface area contributed by atoms with Gasteiger partial charge in [-0.1, -0.05) is 97.9 Å². The highest BCUT2D eigenvalue weighted by molar-refractivity contribution is 6.14. The van der Waals surface area contributed by atoms with Crippen molar-refractivity contribution in [2.24, 2.45) is 0 Å². The molecule has 0 saturated carbocycles. The zero-order valence-corrected chi connectivity index (χ0v) is 17.3. The third-order valence-electron chi connectivity index (χ3n) is 5.38. The largest absolute Gasteiger partial charge is 0.507 e. The molecule has 1 N–H and O–H groups in total. The smallest absolute Gasteiger partial charge is 0.258 e. The second kappa shape index (κ2) is 8.84. The van der Waals surface area contributed by atoms with Crippen LogP contribution in [0.5, 0.6) is 5.75 Å². The fourth-order valence-electron chi connectivity index (χ4n) is 3.84. The zero-order chi connectivity index (χ0) is 21.8. The van der Waals surface area contributed by atoms with Crippen molar-refractivity contribution >= 4 is 5.78 Å². The van der Waals surface area contributed by atoms with Crippen molar-refractivity contribution in [2.45, 2.75) is 19.9 Å². The number of aromatic nitrogens is 1. The molecule has 31 heavy (non-hydrogen) atoms. The number of nitrogens with zero attached hydrogens (tertiary/aromatic N) is 1. The molecule has 4 nitrogen and oxygen atoms in total. The van der Waals surface area contributed by atoms with Crippen LogP contribution in [0.25, 0.3) is 11.3 Å². The molecule has 0 aliphatic rings. The van der Waals surface area contributed by atoms with Crippen LogP contribution in [0.15, 0.2) is 95.8 Å². The number of aromatic hydroxyl groups is 1. The van der Waals surface area contributed by atoms with E-state index < -0.39 is 0 Å². The van der Waals surface area contributed by atoms with Crippen molar-refractivity contribution < 1.29 is 9.90 Å². The van der Waals surface area contributed by atoms with E-state index in [2.05, 4.69) is 0 Å². The number of carbonyl (C=O) groups is 1. The standard InChI is InChI=1S/C27H23NO3/c1-2-22-26(30)23(25(29)21-16-10-5-11-17-21)24(20-14-8-4-9-15-20)28(27(22)31)18-19-12-6-3-7-13-19/h3-17,30H,2,18H2,1H3. The Labute approximate surface area is 181 Å². The van der Waals surface area contributed by atoms with Crippen LogP contribution in [-0.4, -0.2) is 15.5 Å². The lowest BCUT2D eigenvalue weighted by Crippen LogP contribution is -2.28. The van der Waals surface area contributed by atoms with Gasteiger partial charge in [0.25, 0.3) is 5.56 Å². The molecule has 4 heteroatoms. The number of rotatable bonds is 6. The first kappa shape index (κ1) is 20.4. The van der Waals surface area contributed by atoms with Gasteiger partial charge >= 0.3 is 0 Å². The molecule has 0 aliphatic carbocycles. The van der Waals surface area contributed by atoms with E-state index in [1.54, 1.807) is 28.8 Å². The molecule has 0 radical (unpaired) electrons. The van der Waals surface area contributed by atoms with Crippen LogP contribution >= 0.6 is 0 Å². The Morgan fingerprint density at radius 1 is 0.839 bits per heavy atom. The van der Waals surface area contributed by atoms with Crippen LogP contribution < -0.4 is 5.56 Å². The highest BCUT2D eigenvalue weighted by Gasteiger charge is 2.27. The monoisotopic (exact) mass is 409 g/mol. The molecule has 154 valence electrons. The average Bonchev–Trinajstić information content (AvgIpc) is 2.82. The average molecular weight is 409 g/mol. The van der Waals surface area contributed by atoms with Crippen molar-refractivity contribution in [1.29, 1.82) is 0 Å². The molecule has 3 aromatic carbocycles. The molecule has 0 bridgehead atoms. The summed E-state index contributed by atoms with van der Waals surface area (Å²) in [5.74, 6) is -0.544. The molecule has 0 unspecified atom stereocenters. The lowest BCUT2D eigenvalue weighted by molar-refractivity contribution is 0.103. The maximum atomic E-state index is 13.6. The van der Waals surface area contributed by atoms with Crippen molar-refractivity contribution in [2.75, 3.05) is 0 Å². The van der Waals surface area contributed by atoms with Crippen LogP contribution in [-0.2, 0) is 13.0 Å². The van der Waals surface area contributed by atoms with E-state index in [1.165, 1.54) is 0 Å². The van der Waals surface area contributed by atoms with Gasteiger partial charge < -0.3 is 9.67 Å². The molecule has 0 amide bonds. The minimum atomic E-state index is -0.312. The van der Waals surface area contributed by atoms with E-state index in [0.717, 1.165) is 5.56 Å². The molecule has 0 aliphatic heterocycles. The van der Waals surface area contributed by atoms with E-state index in [4.69, 9.17) is 0 Å². The molecule has 4 aromatic rings. The molecular formula is C27H23NO3. The summed E-state index contributed by atoms with van der Waals surface area (Å²) in [7, 11) is 0. The van der Waals surface area contributed by atoms with Crippen LogP contribution in [0.2, 0.25) is 0 Å². The SMILES string of the molecule is CCc1c(O)c(C(=O)c2ccccc2)c(-c2ccccc2)n(Cc2ccccc2)c1=O. The zero-order valence-electron chi connectivity index (χ0n) is 17.3. The first-order valence-electron chi connectivity index (χ1n) is 10.3. The summed E-state index contributed by atoms with van der Waals surface area (Å²) < 4.78 is 1.61. The second-order valence-electron chi connectivity index (χ2n) is 7.34. The van der Waals surface area contributed by atoms with Crippen molar-refractivity contribution in [3.63, 3.8) is 0 Å². The molecule has 0 fully saturated rings. The van der Waals surface area contributed by atoms with E-state index in [9.17, 15) is 14.7 Å². The Balaban J connectivity index is 2.06. The Morgan fingerprint density at radius 2 is 1.39 bits per heavy atom. The molecule has 0 saturated heterocycles. The van der Waals surface area contributed by atoms with Gasteiger partial charge in [0.15, 0.2) is 5.78 Å². The van der Waals surface area contributed by atoms with Gasteiger partial charge in [0, 0.05) is 5.56 Å². The van der Waals surface area contributed by atoms with Gasteiger partial charge in [0.1, 0.15) is 5.75 Å². The fraction of sp³-hybridized carbons (Fsp3) is 0.111. The molecule has 1 heterocycles. The first-order chi connectivity index (χ1) is 15.1. The highest BCUT2D eigenvalue weighted by Crippen LogP contribution is 2.33. The number of pyridine rings is 1. The van der Waals surface area contributed by atoms with E-state index in [0.29, 0.717) is 29.8 Å². The summed E-state index contributed by atoms with van der Waals surface area (Å²) in [6.07, 6.45) is 0.323. The number of hydrogen-bond donors (Lipinski definition) is 1. The van der Waals surface area contributed by atoms with Crippen molar-refractivity contribution in [3.05, 3.63) is 124 Å². The molecule has 0 atom stereocenters. The maximum Gasteiger partial charge on any atom is 0.258 e. The minimum absolute atomic E-state index is 0.157. The van der Waals surface area contributed by atoms with Gasteiger partial charge in [-0.15, -0.1) is 0 Å². The Morgan fingerprint density at radius 3 is 1.97 bits per heavy atom. The summed E-state index contributed by atoms with van der Waals surface area (Å²) in [6.45, 7) is 2.11. The number of benzene rings is 3. The lowest BCUT2D eigenvalue weighted by Gasteiger charge is -2.20. The minimum Gasteiger partial charge on any atom is -0.507 e. The molecular weight excluding hydrogens is 386 g/mol. The molecule has 4 rings (SSSR count). The normalized spacial score (nSPS) is 10.7. The van der Waals surface area contributed by atoms with Crippen LogP contribution in [0.3, 0.4) is 0 Å². The number of carbonyl (C=O) groups excluding carboxylic acids is 1. The third-order valence-corrected chi connectivity index (χ3v) is 5.38. The van der Waals surface area contributed by atoms with E-state index in [1.807, 2.05) is 73.7 Å². The highest BCUT2D eigenvalue weighted by atomic mass is 16.3. The predicted octanol–water partition coefficient (Wildman–Crippen LogP) is 5.06. The predicted molar refractivity (Wildman–Crippen MR) is 123 cm³/mol. The quantitative estimate of drug-likeness (QED) is 0.453. The molecule has 1 aromatic heterocycles. The van der Waals surface area contributed by atoms with Crippen LogP contribution in [0.4, 0.5) is 0 Å². The second-order valence-corrected chi connectivity index (χ2v) is 7.34. The fourth-order valence-corrected chi connectivity index (χ4v) is 3.84. The summed E-state index contributed by atoms with van der Waals surface area (Å²) in [4.78, 5) is 27.0. The topological polar surface area (TPSA) is 59.3 Å². The van der Waals surface area contributed by atoms with Gasteiger partial charge in [0.05, 0.1) is 23.4 Å². The Hall–Kier alpha value is -3.92. The van der Waals surface area contributed by atoms with Crippen molar-refractivity contribution in [3.8, 4) is 17.0 Å². The van der Waals surface area contributed by atoms with Crippen molar-refractivity contribution in [1.82, 2.24) is 4.57 Å². The van der Waals surface area contributed by atoms with Gasteiger partial charge in [-0.25, -0.2) is 0 Å². The van der Waals surface area contributed by atoms with Crippen LogP contribution in [0.1, 0.15) is 34.0 Å². The first-order valence-corrected chi connectivity index (χ1v) is 10.3. The van der Waals surface area contributed by atoms with Gasteiger partial charge in [-0.2, -0.15) is 0 Å². The van der Waals surface area contributed by atoms with Gasteiger partial charge in [-0.3, -0.25) is 9.59 Å². The summed E-state index contributed by atoms with van der Waals surface area (Å²) >= 11 is 0.